The fourth-order valence-electron chi connectivity index (χ4n) is 2.97. The molecule has 0 spiro atoms. The van der Waals surface area contributed by atoms with Gasteiger partial charge in [-0.2, -0.15) is 0 Å². The number of hydrogen-bond acceptors (Lipinski definition) is 5. The van der Waals surface area contributed by atoms with Crippen molar-refractivity contribution in [3.8, 4) is 0 Å². The first-order valence-electron chi connectivity index (χ1n) is 7.91. The molecule has 0 aromatic rings. The number of nitrogens with zero attached hydrogens (tertiary/aromatic N) is 1. The molecular formula is C16H27NO5. The Morgan fingerprint density at radius 2 is 1.95 bits per heavy atom. The van der Waals surface area contributed by atoms with Gasteiger partial charge in [0.1, 0.15) is 12.2 Å². The number of ether oxygens (including phenoxy) is 2. The molecule has 1 rings (SSSR count). The molecule has 1 saturated heterocycles. The van der Waals surface area contributed by atoms with Crippen LogP contribution in [0.4, 0.5) is 4.79 Å². The minimum absolute atomic E-state index is 0.0163. The van der Waals surface area contributed by atoms with Crippen LogP contribution in [-0.2, 0) is 19.1 Å². The summed E-state index contributed by atoms with van der Waals surface area (Å²) in [5, 5.41) is 0. The number of hydrogen-bond donors (Lipinski definition) is 0. The normalized spacial score (nSPS) is 21.6. The van der Waals surface area contributed by atoms with Gasteiger partial charge in [-0.3, -0.25) is 9.59 Å². The molecule has 1 aliphatic heterocycles. The summed E-state index contributed by atoms with van der Waals surface area (Å²) in [4.78, 5) is 37.2. The Kier molecular flexibility index (Phi) is 7.35. The summed E-state index contributed by atoms with van der Waals surface area (Å²) in [6.45, 7) is 6.65. The number of methoxy groups -OCH3 is 1. The number of carbonyl (C=O) groups excluding carboxylic acids is 3. The smallest absolute Gasteiger partial charge is 0.409 e. The number of ketones is 1. The predicted molar refractivity (Wildman–Crippen MR) is 81.3 cm³/mol. The maximum Gasteiger partial charge on any atom is 0.409 e. The molecule has 6 heteroatoms. The highest BCUT2D eigenvalue weighted by Gasteiger charge is 2.35. The molecular weight excluding hydrogens is 286 g/mol. The van der Waals surface area contributed by atoms with Crippen LogP contribution in [0, 0.1) is 11.8 Å². The van der Waals surface area contributed by atoms with Crippen LogP contribution in [0.15, 0.2) is 0 Å². The van der Waals surface area contributed by atoms with Gasteiger partial charge in [0.2, 0.25) is 0 Å². The lowest BCUT2D eigenvalue weighted by Crippen LogP contribution is -2.48. The molecule has 0 unspecified atom stereocenters. The highest BCUT2D eigenvalue weighted by Crippen LogP contribution is 2.29. The second kappa shape index (κ2) is 8.76. The Bertz CT molecular complexity index is 407. The van der Waals surface area contributed by atoms with Gasteiger partial charge in [-0.25, -0.2) is 4.79 Å². The summed E-state index contributed by atoms with van der Waals surface area (Å²) in [5.41, 5.74) is 0. The lowest BCUT2D eigenvalue weighted by atomic mass is 9.83. The fraction of sp³-hybridized carbons (Fsp3) is 0.812. The van der Waals surface area contributed by atoms with E-state index >= 15 is 0 Å². The summed E-state index contributed by atoms with van der Waals surface area (Å²) < 4.78 is 9.65. The molecule has 1 heterocycles. The van der Waals surface area contributed by atoms with Gasteiger partial charge in [-0.05, 0) is 32.1 Å². The van der Waals surface area contributed by atoms with Crippen molar-refractivity contribution in [3.05, 3.63) is 0 Å². The molecule has 126 valence electrons. The zero-order chi connectivity index (χ0) is 16.7. The van der Waals surface area contributed by atoms with Gasteiger partial charge in [0.05, 0.1) is 13.7 Å². The van der Waals surface area contributed by atoms with E-state index in [1.165, 1.54) is 7.11 Å². The van der Waals surface area contributed by atoms with Gasteiger partial charge in [0.25, 0.3) is 0 Å². The van der Waals surface area contributed by atoms with Crippen molar-refractivity contribution in [2.75, 3.05) is 20.3 Å². The second-order valence-electron chi connectivity index (χ2n) is 6.12. The van der Waals surface area contributed by atoms with E-state index in [-0.39, 0.29) is 36.9 Å². The molecule has 0 aromatic heterocycles. The molecule has 6 nitrogen and oxygen atoms in total. The summed E-state index contributed by atoms with van der Waals surface area (Å²) in [5.74, 6) is -0.329. The van der Waals surface area contributed by atoms with E-state index in [9.17, 15) is 14.4 Å². The topological polar surface area (TPSA) is 72.9 Å². The summed E-state index contributed by atoms with van der Waals surface area (Å²) in [7, 11) is 1.37. The number of carbonyl (C=O) groups is 3. The molecule has 0 N–H and O–H groups in total. The minimum Gasteiger partial charge on any atom is -0.466 e. The predicted octanol–water partition coefficient (Wildman–Crippen LogP) is 2.40. The molecule has 1 fully saturated rings. The van der Waals surface area contributed by atoms with Crippen LogP contribution in [0.2, 0.25) is 0 Å². The average molecular weight is 313 g/mol. The standard InChI is InChI=1S/C16H27NO5/c1-5-22-15(19)10-14(18)12-6-7-17(16(20)21-4)13(9-12)8-11(2)3/h11-13H,5-10H2,1-4H3/t12-,13-/m1/s1. The van der Waals surface area contributed by atoms with Gasteiger partial charge >= 0.3 is 12.1 Å². The molecule has 1 amide bonds. The van der Waals surface area contributed by atoms with Crippen LogP contribution < -0.4 is 0 Å². The largest absolute Gasteiger partial charge is 0.466 e. The first-order valence-corrected chi connectivity index (χ1v) is 7.91. The third kappa shape index (κ3) is 5.31. The summed E-state index contributed by atoms with van der Waals surface area (Å²) in [6, 6.07) is -0.0163. The Balaban J connectivity index is 2.68. The average Bonchev–Trinajstić information content (AvgIpc) is 2.45. The Labute approximate surface area is 132 Å². The van der Waals surface area contributed by atoms with E-state index < -0.39 is 5.97 Å². The van der Waals surface area contributed by atoms with Crippen molar-refractivity contribution in [1.82, 2.24) is 4.90 Å². The van der Waals surface area contributed by atoms with Crippen LogP contribution in [0.25, 0.3) is 0 Å². The first-order chi connectivity index (χ1) is 10.4. The van der Waals surface area contributed by atoms with E-state index in [1.807, 2.05) is 0 Å². The quantitative estimate of drug-likeness (QED) is 0.556. The van der Waals surface area contributed by atoms with Crippen molar-refractivity contribution < 1.29 is 23.9 Å². The summed E-state index contributed by atoms with van der Waals surface area (Å²) in [6.07, 6.45) is 1.46. The zero-order valence-corrected chi connectivity index (χ0v) is 14.0. The van der Waals surface area contributed by atoms with E-state index in [0.29, 0.717) is 25.3 Å². The van der Waals surface area contributed by atoms with Crippen LogP contribution >= 0.6 is 0 Å². The zero-order valence-electron chi connectivity index (χ0n) is 14.0. The van der Waals surface area contributed by atoms with Crippen LogP contribution in [0.3, 0.4) is 0 Å². The minimum atomic E-state index is -0.469. The molecule has 0 saturated carbocycles. The van der Waals surface area contributed by atoms with Crippen LogP contribution in [0.5, 0.6) is 0 Å². The Hall–Kier alpha value is -1.59. The highest BCUT2D eigenvalue weighted by molar-refractivity contribution is 5.96. The molecule has 0 aromatic carbocycles. The lowest BCUT2D eigenvalue weighted by Gasteiger charge is -2.38. The van der Waals surface area contributed by atoms with Crippen molar-refractivity contribution in [2.45, 2.75) is 52.5 Å². The van der Waals surface area contributed by atoms with E-state index in [2.05, 4.69) is 13.8 Å². The number of piperidine rings is 1. The molecule has 0 aliphatic carbocycles. The van der Waals surface area contributed by atoms with Gasteiger partial charge in [-0.15, -0.1) is 0 Å². The van der Waals surface area contributed by atoms with Crippen molar-refractivity contribution in [2.24, 2.45) is 11.8 Å². The van der Waals surface area contributed by atoms with E-state index in [0.717, 1.165) is 6.42 Å². The molecule has 0 bridgehead atoms. The van der Waals surface area contributed by atoms with Gasteiger partial charge < -0.3 is 14.4 Å². The van der Waals surface area contributed by atoms with Crippen molar-refractivity contribution in [1.29, 1.82) is 0 Å². The Morgan fingerprint density at radius 1 is 1.27 bits per heavy atom. The maximum atomic E-state index is 12.2. The fourth-order valence-corrected chi connectivity index (χ4v) is 2.97. The third-order valence-corrected chi connectivity index (χ3v) is 3.95. The number of amides is 1. The van der Waals surface area contributed by atoms with Crippen molar-refractivity contribution >= 4 is 17.8 Å². The lowest BCUT2D eigenvalue weighted by molar-refractivity contribution is -0.146. The highest BCUT2D eigenvalue weighted by atomic mass is 16.5. The second-order valence-corrected chi connectivity index (χ2v) is 6.12. The number of Topliss-reactive ketones (excluding diaryl/α,β-unsaturated/α-hetero) is 1. The number of likely N-dealkylation sites (tertiary alicyclic amines) is 1. The Morgan fingerprint density at radius 3 is 2.50 bits per heavy atom. The molecule has 2 atom stereocenters. The van der Waals surface area contributed by atoms with Crippen LogP contribution in [-0.4, -0.2) is 49.0 Å². The van der Waals surface area contributed by atoms with Crippen LogP contribution in [0.1, 0.15) is 46.5 Å². The molecule has 22 heavy (non-hydrogen) atoms. The molecule has 1 aliphatic rings. The number of rotatable bonds is 6. The van der Waals surface area contributed by atoms with Crippen molar-refractivity contribution in [3.63, 3.8) is 0 Å². The van der Waals surface area contributed by atoms with Gasteiger partial charge in [-0.1, -0.05) is 13.8 Å². The van der Waals surface area contributed by atoms with Gasteiger partial charge in [0, 0.05) is 18.5 Å². The van der Waals surface area contributed by atoms with Gasteiger partial charge in [0.15, 0.2) is 0 Å². The maximum absolute atomic E-state index is 12.2. The first kappa shape index (κ1) is 18.5. The monoisotopic (exact) mass is 313 g/mol. The molecule has 0 radical (unpaired) electrons. The third-order valence-electron chi connectivity index (χ3n) is 3.95. The van der Waals surface area contributed by atoms with E-state index in [4.69, 9.17) is 9.47 Å². The summed E-state index contributed by atoms with van der Waals surface area (Å²) >= 11 is 0. The SMILES string of the molecule is CCOC(=O)CC(=O)[C@@H]1CCN(C(=O)OC)[C@H](CC(C)C)C1. The number of esters is 1. The van der Waals surface area contributed by atoms with E-state index in [1.54, 1.807) is 11.8 Å².